The highest BCUT2D eigenvalue weighted by Crippen LogP contribution is 2.18. The lowest BCUT2D eigenvalue weighted by molar-refractivity contribution is -0.123. The average Bonchev–Trinajstić information content (AvgIpc) is 2.67. The summed E-state index contributed by atoms with van der Waals surface area (Å²) in [6.07, 6.45) is 4.93. The maximum absolute atomic E-state index is 11.7. The smallest absolute Gasteiger partial charge is 0.242 e. The van der Waals surface area contributed by atoms with Gasteiger partial charge in [-0.05, 0) is 18.9 Å². The minimum Gasteiger partial charge on any atom is -0.391 e. The molecule has 1 amide bonds. The number of aromatic nitrogens is 2. The van der Waals surface area contributed by atoms with Gasteiger partial charge in [-0.3, -0.25) is 9.48 Å². The number of amides is 1. The van der Waals surface area contributed by atoms with Gasteiger partial charge in [0.1, 0.15) is 12.4 Å². The van der Waals surface area contributed by atoms with Crippen LogP contribution >= 0.6 is 0 Å². The summed E-state index contributed by atoms with van der Waals surface area (Å²) in [7, 11) is 0. The number of hydrogen-bond acceptors (Lipinski definition) is 4. The normalized spacial score (nSPS) is 24.5. The predicted molar refractivity (Wildman–Crippen MR) is 63.0 cm³/mol. The number of carbonyl (C=O) groups is 1. The van der Waals surface area contributed by atoms with Crippen molar-refractivity contribution in [2.75, 3.05) is 5.73 Å². The summed E-state index contributed by atoms with van der Waals surface area (Å²) in [5.41, 5.74) is 5.46. The second-order valence-corrected chi connectivity index (χ2v) is 4.46. The number of aliphatic hydroxyl groups is 1. The number of anilines is 1. The van der Waals surface area contributed by atoms with Gasteiger partial charge in [0, 0.05) is 6.20 Å². The maximum atomic E-state index is 11.7. The van der Waals surface area contributed by atoms with Gasteiger partial charge in [0.2, 0.25) is 5.91 Å². The maximum Gasteiger partial charge on any atom is 0.242 e. The van der Waals surface area contributed by atoms with Gasteiger partial charge < -0.3 is 16.2 Å². The highest BCUT2D eigenvalue weighted by Gasteiger charge is 2.24. The molecule has 1 saturated carbocycles. The number of hydrogen-bond donors (Lipinski definition) is 3. The molecule has 17 heavy (non-hydrogen) atoms. The van der Waals surface area contributed by atoms with E-state index in [0.717, 1.165) is 25.7 Å². The largest absolute Gasteiger partial charge is 0.391 e. The molecule has 1 aliphatic rings. The SMILES string of the molecule is Nc1ccn(CC(=O)N[C@H]2CCCC[C@@H]2O)n1. The Morgan fingerprint density at radius 1 is 1.59 bits per heavy atom. The molecule has 2 atom stereocenters. The molecule has 4 N–H and O–H groups in total. The lowest BCUT2D eigenvalue weighted by Gasteiger charge is -2.28. The van der Waals surface area contributed by atoms with Crippen LogP contribution in [0.15, 0.2) is 12.3 Å². The van der Waals surface area contributed by atoms with Crippen molar-refractivity contribution < 1.29 is 9.90 Å². The molecule has 0 saturated heterocycles. The summed E-state index contributed by atoms with van der Waals surface area (Å²) < 4.78 is 1.49. The van der Waals surface area contributed by atoms with E-state index in [9.17, 15) is 9.90 Å². The van der Waals surface area contributed by atoms with Crippen molar-refractivity contribution >= 4 is 11.7 Å². The predicted octanol–water partition coefficient (Wildman–Crippen LogP) is -0.115. The molecule has 1 aromatic rings. The molecule has 1 fully saturated rings. The third-order valence-electron chi connectivity index (χ3n) is 3.04. The van der Waals surface area contributed by atoms with Crippen molar-refractivity contribution in [1.29, 1.82) is 0 Å². The fourth-order valence-electron chi connectivity index (χ4n) is 2.14. The van der Waals surface area contributed by atoms with Gasteiger partial charge in [-0.25, -0.2) is 0 Å². The quantitative estimate of drug-likeness (QED) is 0.684. The summed E-state index contributed by atoms with van der Waals surface area (Å²) in [6, 6.07) is 1.52. The lowest BCUT2D eigenvalue weighted by Crippen LogP contribution is -2.46. The molecular weight excluding hydrogens is 220 g/mol. The molecule has 2 rings (SSSR count). The minimum atomic E-state index is -0.421. The van der Waals surface area contributed by atoms with E-state index >= 15 is 0 Å². The van der Waals surface area contributed by atoms with Gasteiger partial charge in [-0.1, -0.05) is 12.8 Å². The first kappa shape index (κ1) is 11.9. The molecule has 0 aromatic carbocycles. The lowest BCUT2D eigenvalue weighted by atomic mass is 9.92. The number of carbonyl (C=O) groups excluding carboxylic acids is 1. The summed E-state index contributed by atoms with van der Waals surface area (Å²) in [6.45, 7) is 0.139. The molecular formula is C11H18N4O2. The molecule has 0 radical (unpaired) electrons. The van der Waals surface area contributed by atoms with E-state index in [-0.39, 0.29) is 18.5 Å². The molecule has 1 aromatic heterocycles. The number of rotatable bonds is 3. The van der Waals surface area contributed by atoms with Crippen molar-refractivity contribution in [3.63, 3.8) is 0 Å². The third kappa shape index (κ3) is 3.20. The number of nitrogens with one attached hydrogen (secondary N) is 1. The minimum absolute atomic E-state index is 0.121. The van der Waals surface area contributed by atoms with E-state index in [4.69, 9.17) is 5.73 Å². The summed E-state index contributed by atoms with van der Waals surface area (Å²) in [5, 5.41) is 16.5. The van der Waals surface area contributed by atoms with Crippen LogP contribution in [0, 0.1) is 0 Å². The van der Waals surface area contributed by atoms with Crippen LogP contribution in [-0.2, 0) is 11.3 Å². The second-order valence-electron chi connectivity index (χ2n) is 4.46. The highest BCUT2D eigenvalue weighted by molar-refractivity contribution is 5.76. The first-order valence-corrected chi connectivity index (χ1v) is 5.91. The van der Waals surface area contributed by atoms with Gasteiger partial charge in [-0.15, -0.1) is 0 Å². The van der Waals surface area contributed by atoms with Crippen molar-refractivity contribution in [3.8, 4) is 0 Å². The first-order chi connectivity index (χ1) is 8.15. The summed E-state index contributed by atoms with van der Waals surface area (Å²) in [5.74, 6) is 0.259. The molecule has 0 bridgehead atoms. The molecule has 94 valence electrons. The van der Waals surface area contributed by atoms with E-state index in [1.54, 1.807) is 12.3 Å². The van der Waals surface area contributed by atoms with Gasteiger partial charge in [0.05, 0.1) is 12.1 Å². The Hall–Kier alpha value is -1.56. The second kappa shape index (κ2) is 5.18. The van der Waals surface area contributed by atoms with Crippen LogP contribution in [0.4, 0.5) is 5.82 Å². The molecule has 6 nitrogen and oxygen atoms in total. The number of nitrogens with zero attached hydrogens (tertiary/aromatic N) is 2. The average molecular weight is 238 g/mol. The zero-order valence-corrected chi connectivity index (χ0v) is 9.67. The van der Waals surface area contributed by atoms with Gasteiger partial charge in [0.15, 0.2) is 0 Å². The topological polar surface area (TPSA) is 93.2 Å². The highest BCUT2D eigenvalue weighted by atomic mass is 16.3. The zero-order chi connectivity index (χ0) is 12.3. The van der Waals surface area contributed by atoms with E-state index in [2.05, 4.69) is 10.4 Å². The molecule has 6 heteroatoms. The Kier molecular flexibility index (Phi) is 3.63. The Morgan fingerprint density at radius 2 is 2.35 bits per heavy atom. The molecule has 0 spiro atoms. The van der Waals surface area contributed by atoms with Gasteiger partial charge in [0.25, 0.3) is 0 Å². The fourth-order valence-corrected chi connectivity index (χ4v) is 2.14. The summed E-state index contributed by atoms with van der Waals surface area (Å²) >= 11 is 0. The van der Waals surface area contributed by atoms with Crippen LogP contribution < -0.4 is 11.1 Å². The van der Waals surface area contributed by atoms with E-state index in [1.807, 2.05) is 0 Å². The zero-order valence-electron chi connectivity index (χ0n) is 9.67. The van der Waals surface area contributed by atoms with Crippen molar-refractivity contribution in [2.45, 2.75) is 44.4 Å². The monoisotopic (exact) mass is 238 g/mol. The molecule has 0 aliphatic heterocycles. The van der Waals surface area contributed by atoms with Crippen LogP contribution in [-0.4, -0.2) is 32.9 Å². The van der Waals surface area contributed by atoms with Crippen LogP contribution in [0.25, 0.3) is 0 Å². The summed E-state index contributed by atoms with van der Waals surface area (Å²) in [4.78, 5) is 11.7. The van der Waals surface area contributed by atoms with Crippen molar-refractivity contribution in [1.82, 2.24) is 15.1 Å². The number of nitrogen functional groups attached to an aromatic ring is 1. The van der Waals surface area contributed by atoms with E-state index in [0.29, 0.717) is 5.82 Å². The standard InChI is InChI=1S/C11H18N4O2/c12-10-5-6-15(14-10)7-11(17)13-8-3-1-2-4-9(8)16/h5-6,8-9,16H,1-4,7H2,(H2,12,14)(H,13,17)/t8-,9-/m0/s1. The van der Waals surface area contributed by atoms with E-state index < -0.39 is 6.10 Å². The third-order valence-corrected chi connectivity index (χ3v) is 3.04. The Bertz CT molecular complexity index is 391. The molecule has 1 heterocycles. The van der Waals surface area contributed by atoms with Crippen LogP contribution in [0.1, 0.15) is 25.7 Å². The molecule has 1 aliphatic carbocycles. The van der Waals surface area contributed by atoms with Crippen molar-refractivity contribution in [3.05, 3.63) is 12.3 Å². The number of nitrogens with two attached hydrogens (primary N) is 1. The Balaban J connectivity index is 1.84. The molecule has 0 unspecified atom stereocenters. The van der Waals surface area contributed by atoms with E-state index in [1.165, 1.54) is 4.68 Å². The van der Waals surface area contributed by atoms with Crippen LogP contribution in [0.5, 0.6) is 0 Å². The van der Waals surface area contributed by atoms with Gasteiger partial charge in [-0.2, -0.15) is 5.10 Å². The van der Waals surface area contributed by atoms with Gasteiger partial charge >= 0.3 is 0 Å². The van der Waals surface area contributed by atoms with Crippen LogP contribution in [0.3, 0.4) is 0 Å². The number of aliphatic hydroxyl groups excluding tert-OH is 1. The van der Waals surface area contributed by atoms with Crippen molar-refractivity contribution in [2.24, 2.45) is 0 Å². The van der Waals surface area contributed by atoms with Crippen LogP contribution in [0.2, 0.25) is 0 Å². The Labute approximate surface area is 99.8 Å². The first-order valence-electron chi connectivity index (χ1n) is 5.91. The Morgan fingerprint density at radius 3 is 3.00 bits per heavy atom. The fraction of sp³-hybridized carbons (Fsp3) is 0.636.